The molecular formula is C61H71Cl3N10O9S2. The molecule has 0 aliphatic carbocycles. The Kier molecular flexibility index (Phi) is 23.0. The highest BCUT2D eigenvalue weighted by Crippen LogP contribution is 2.42. The number of rotatable bonds is 12. The van der Waals surface area contributed by atoms with Gasteiger partial charge in [-0.2, -0.15) is 31.1 Å². The number of likely N-dealkylation sites (tertiary alicyclic amines) is 2. The van der Waals surface area contributed by atoms with E-state index in [0.717, 1.165) is 20.9 Å². The van der Waals surface area contributed by atoms with Crippen molar-refractivity contribution in [3.05, 3.63) is 172 Å². The molecule has 7 aromatic rings. The number of hydrogen-bond acceptors (Lipinski definition) is 15. The number of piperidine rings is 2. The summed E-state index contributed by atoms with van der Waals surface area (Å²) < 4.78 is 65.9. The van der Waals surface area contributed by atoms with Crippen LogP contribution in [-0.4, -0.2) is 116 Å². The summed E-state index contributed by atoms with van der Waals surface area (Å²) in [7, 11) is -7.90. The molecule has 3 aromatic heterocycles. The third-order valence-electron chi connectivity index (χ3n) is 13.3. The molecule has 1 N–H and O–H groups in total. The Morgan fingerprint density at radius 3 is 1.60 bits per heavy atom. The van der Waals surface area contributed by atoms with Crippen LogP contribution >= 0.6 is 34.8 Å². The zero-order valence-electron chi connectivity index (χ0n) is 47.9. The monoisotopic (exact) mass is 1260 g/mol. The van der Waals surface area contributed by atoms with Crippen molar-refractivity contribution in [2.45, 2.75) is 122 Å². The summed E-state index contributed by atoms with van der Waals surface area (Å²) in [4.78, 5) is 58.4. The van der Waals surface area contributed by atoms with Crippen molar-refractivity contribution in [2.75, 3.05) is 26.2 Å². The van der Waals surface area contributed by atoms with E-state index in [1.165, 1.54) is 12.7 Å². The maximum absolute atomic E-state index is 14.1. The van der Waals surface area contributed by atoms with Gasteiger partial charge < -0.3 is 19.3 Å². The summed E-state index contributed by atoms with van der Waals surface area (Å²) >= 11 is 16.9. The van der Waals surface area contributed by atoms with Crippen molar-refractivity contribution in [1.82, 2.24) is 43.8 Å². The Labute approximate surface area is 513 Å². The number of carbonyl (C=O) groups excluding carboxylic acids is 3. The van der Waals surface area contributed by atoms with E-state index in [1.54, 1.807) is 131 Å². The number of nitrogens with zero attached hydrogens (tertiary/aromatic N) is 9. The van der Waals surface area contributed by atoms with Crippen LogP contribution in [0, 0.1) is 19.8 Å². The minimum atomic E-state index is -4.09. The van der Waals surface area contributed by atoms with Gasteiger partial charge in [0, 0.05) is 89.4 Å². The smallest absolute Gasteiger partial charge is 0.410 e. The first-order valence-corrected chi connectivity index (χ1v) is 31.0. The second-order valence-corrected chi connectivity index (χ2v) is 26.7. The summed E-state index contributed by atoms with van der Waals surface area (Å²) in [5.41, 5.74) is 5.45. The lowest BCUT2D eigenvalue weighted by molar-refractivity contribution is 0.0192. The minimum Gasteiger partial charge on any atom is -0.444 e. The number of sulfonamides is 1. The normalized spacial score (nSPS) is 14.4. The number of amides is 2. The first kappa shape index (κ1) is 66.8. The molecule has 19 nitrogen and oxygen atoms in total. The summed E-state index contributed by atoms with van der Waals surface area (Å²) in [5.74, 6) is -0.126. The lowest BCUT2D eigenvalue weighted by Crippen LogP contribution is -2.43. The van der Waals surface area contributed by atoms with Crippen molar-refractivity contribution in [1.29, 1.82) is 0 Å². The second kappa shape index (κ2) is 29.2. The quantitative estimate of drug-likeness (QED) is 0.0680. The van der Waals surface area contributed by atoms with E-state index in [9.17, 15) is 31.2 Å². The van der Waals surface area contributed by atoms with Crippen LogP contribution in [0.2, 0.25) is 10.0 Å². The minimum absolute atomic E-state index is 0. The fraction of sp³-hybridized carbons (Fsp3) is 0.361. The lowest BCUT2D eigenvalue weighted by Gasteiger charge is -2.33. The third-order valence-corrected chi connectivity index (χ3v) is 16.8. The van der Waals surface area contributed by atoms with Gasteiger partial charge in [0.15, 0.2) is 0 Å². The Morgan fingerprint density at radius 1 is 0.647 bits per heavy atom. The van der Waals surface area contributed by atoms with Gasteiger partial charge in [0.1, 0.15) is 23.9 Å². The average molecular weight is 1260 g/mol. The molecule has 0 radical (unpaired) electrons. The van der Waals surface area contributed by atoms with Crippen LogP contribution in [-0.2, 0) is 35.9 Å². The topological polar surface area (TPSA) is 238 Å². The van der Waals surface area contributed by atoms with Gasteiger partial charge in [-0.1, -0.05) is 78.2 Å². The third kappa shape index (κ3) is 18.8. The predicted molar refractivity (Wildman–Crippen MR) is 331 cm³/mol. The van der Waals surface area contributed by atoms with E-state index in [0.29, 0.717) is 108 Å². The summed E-state index contributed by atoms with van der Waals surface area (Å²) in [6, 6.07) is 30.2. The highest BCUT2D eigenvalue weighted by Gasteiger charge is 2.36. The molecule has 5 heterocycles. The van der Waals surface area contributed by atoms with E-state index in [-0.39, 0.29) is 41.2 Å². The van der Waals surface area contributed by atoms with Gasteiger partial charge in [-0.15, -0.1) is 0 Å². The summed E-state index contributed by atoms with van der Waals surface area (Å²) in [6.07, 6.45) is 8.29. The number of hydrogen-bond donors (Lipinski definition) is 1. The summed E-state index contributed by atoms with van der Waals surface area (Å²) in [6.45, 7) is 16.7. The zero-order valence-corrected chi connectivity index (χ0v) is 51.8. The number of nitrogens with one attached hydrogen (secondary N) is 1. The van der Waals surface area contributed by atoms with Gasteiger partial charge in [0.2, 0.25) is 0 Å². The number of ether oxygens (including phenoxy) is 2. The Morgan fingerprint density at radius 2 is 1.13 bits per heavy atom. The molecule has 0 atom stereocenters. The second-order valence-electron chi connectivity index (χ2n) is 22.0. The Hall–Kier alpha value is -7.30. The molecule has 2 fully saturated rings. The van der Waals surface area contributed by atoms with Crippen LogP contribution in [0.3, 0.4) is 0 Å². The molecule has 4 aromatic carbocycles. The summed E-state index contributed by atoms with van der Waals surface area (Å²) in [5, 5.41) is 9.80. The predicted octanol–water partition coefficient (Wildman–Crippen LogP) is 13.0. The molecule has 0 unspecified atom stereocenters. The standard InChI is InChI=1S/C30H32ClN5O4S.C23H31N5O4S.C7H4Cl2O.CH4/c1-20-5-11-24(12-6-20)41(38,39)36-28(22-7-9-23(31)10-8-22)26(25-13-16-32-19-33-25)27(34-36)21-14-17-35(18-15-21)29(37)40-30(2,3)4;1-17-5-7-20(8-6-17)33(30,31)27-26-21(15-19-9-12-24-16-25-19)18-10-13-28(14-11-18)22(29)32-23(2,3)4;8-6-3-1-5(2-4-6)7(9)10;/h5-13,16,19,21H,14-15,17-18H2,1-4H3;5-9,12,16,18,27H,10-11,13-15H2,1-4H3;1-4H;1H4/b;26-21+;;. The van der Waals surface area contributed by atoms with Crippen LogP contribution in [0.5, 0.6) is 0 Å². The van der Waals surface area contributed by atoms with E-state index in [4.69, 9.17) is 49.4 Å². The lowest BCUT2D eigenvalue weighted by atomic mass is 9.89. The van der Waals surface area contributed by atoms with Gasteiger partial charge in [0.05, 0.1) is 32.4 Å². The van der Waals surface area contributed by atoms with Crippen LogP contribution in [0.4, 0.5) is 9.59 Å². The first-order chi connectivity index (χ1) is 39.7. The molecule has 0 bridgehead atoms. The molecule has 9 rings (SSSR count). The molecule has 2 aliphatic rings. The van der Waals surface area contributed by atoms with Crippen LogP contribution in [0.25, 0.3) is 22.5 Å². The van der Waals surface area contributed by atoms with Crippen LogP contribution < -0.4 is 4.83 Å². The average Bonchev–Trinajstić information content (AvgIpc) is 1.83. The van der Waals surface area contributed by atoms with E-state index in [2.05, 4.69) is 29.9 Å². The maximum Gasteiger partial charge on any atom is 0.410 e. The van der Waals surface area contributed by atoms with Crippen LogP contribution in [0.1, 0.15) is 113 Å². The highest BCUT2D eigenvalue weighted by molar-refractivity contribution is 7.90. The zero-order chi connectivity index (χ0) is 61.0. The molecule has 2 aliphatic heterocycles. The maximum atomic E-state index is 14.1. The fourth-order valence-electron chi connectivity index (χ4n) is 8.98. The first-order valence-electron chi connectivity index (χ1n) is 27.0. The highest BCUT2D eigenvalue weighted by atomic mass is 35.5. The van der Waals surface area contributed by atoms with Crippen molar-refractivity contribution in [2.24, 2.45) is 11.0 Å². The van der Waals surface area contributed by atoms with Gasteiger partial charge in [-0.3, -0.25) is 4.79 Å². The van der Waals surface area contributed by atoms with E-state index < -0.39 is 36.5 Å². The number of aryl methyl sites for hydroxylation is 2. The van der Waals surface area contributed by atoms with Gasteiger partial charge in [0.25, 0.3) is 25.3 Å². The van der Waals surface area contributed by atoms with Crippen LogP contribution in [0.15, 0.2) is 149 Å². The van der Waals surface area contributed by atoms with Crippen molar-refractivity contribution in [3.8, 4) is 22.5 Å². The molecule has 0 spiro atoms. The van der Waals surface area contributed by atoms with Gasteiger partial charge >= 0.3 is 12.2 Å². The Bertz CT molecular complexity index is 3630. The van der Waals surface area contributed by atoms with Crippen molar-refractivity contribution >= 4 is 78.0 Å². The van der Waals surface area contributed by atoms with Crippen molar-refractivity contribution < 1.29 is 40.7 Å². The molecule has 2 saturated heterocycles. The number of aromatic nitrogens is 6. The SMILES string of the molecule is C.Cc1ccc(S(=O)(=O)N/N=C(\Cc2ccncn2)C2CCN(C(=O)OC(C)(C)C)CC2)cc1.Cc1ccc(S(=O)(=O)n2nc(C3CCN(C(=O)OC(C)(C)C)CC3)c(-c3ccncn3)c2-c2ccc(Cl)cc2)cc1.O=C(Cl)c1ccc(Cl)cc1. The largest absolute Gasteiger partial charge is 0.444 e. The number of carbonyl (C=O) groups is 3. The number of halogens is 3. The fourth-order valence-corrected chi connectivity index (χ4v) is 11.5. The molecule has 452 valence electrons. The van der Waals surface area contributed by atoms with Gasteiger partial charge in [-0.05, 0) is 165 Å². The molecule has 85 heavy (non-hydrogen) atoms. The van der Waals surface area contributed by atoms with E-state index >= 15 is 0 Å². The number of benzene rings is 4. The van der Waals surface area contributed by atoms with Crippen molar-refractivity contribution in [3.63, 3.8) is 0 Å². The molecular weight excluding hydrogens is 1190 g/mol. The number of hydrazone groups is 1. The van der Waals surface area contributed by atoms with Gasteiger partial charge in [-0.25, -0.2) is 34.4 Å². The molecule has 24 heteroatoms. The molecule has 0 saturated carbocycles. The van der Waals surface area contributed by atoms with E-state index in [1.807, 2.05) is 55.4 Å². The Balaban J connectivity index is 0.000000235. The molecule has 2 amide bonds.